The summed E-state index contributed by atoms with van der Waals surface area (Å²) >= 11 is 12.3. The van der Waals surface area contributed by atoms with Crippen molar-refractivity contribution in [2.75, 3.05) is 25.6 Å². The minimum absolute atomic E-state index is 0.0436. The summed E-state index contributed by atoms with van der Waals surface area (Å²) in [6.07, 6.45) is 0.0467. The van der Waals surface area contributed by atoms with Crippen LogP contribution < -0.4 is 20.1 Å². The van der Waals surface area contributed by atoms with Crippen LogP contribution in [-0.4, -0.2) is 46.4 Å². The molecule has 0 saturated heterocycles. The first-order valence-electron chi connectivity index (χ1n) is 8.63. The molecule has 0 fully saturated rings. The van der Waals surface area contributed by atoms with Gasteiger partial charge in [0.2, 0.25) is 0 Å². The number of methoxy groups -OCH3 is 1. The summed E-state index contributed by atoms with van der Waals surface area (Å²) in [6, 6.07) is 5.71. The molecule has 3 rings (SSSR count). The van der Waals surface area contributed by atoms with E-state index in [1.807, 2.05) is 0 Å². The molecule has 0 atom stereocenters. The van der Waals surface area contributed by atoms with Gasteiger partial charge in [0.25, 0.3) is 0 Å². The lowest BCUT2D eigenvalue weighted by Crippen LogP contribution is -2.26. The van der Waals surface area contributed by atoms with E-state index in [0.717, 1.165) is 0 Å². The van der Waals surface area contributed by atoms with Crippen molar-refractivity contribution in [1.82, 2.24) is 15.3 Å². The van der Waals surface area contributed by atoms with E-state index in [-0.39, 0.29) is 35.4 Å². The van der Waals surface area contributed by atoms with E-state index >= 15 is 0 Å². The van der Waals surface area contributed by atoms with Gasteiger partial charge in [-0.3, -0.25) is 10.1 Å². The summed E-state index contributed by atoms with van der Waals surface area (Å²) in [4.78, 5) is 29.7. The van der Waals surface area contributed by atoms with Gasteiger partial charge in [0, 0.05) is 18.2 Å². The Morgan fingerprint density at radius 1 is 1.19 bits per heavy atom. The van der Waals surface area contributed by atoms with Crippen LogP contribution in [0.1, 0.15) is 0 Å². The number of nitro groups is 1. The fourth-order valence-corrected chi connectivity index (χ4v) is 3.17. The Balaban J connectivity index is 1.98. The van der Waals surface area contributed by atoms with Crippen LogP contribution >= 0.6 is 23.2 Å². The summed E-state index contributed by atoms with van der Waals surface area (Å²) in [5, 5.41) is 26.2. The molecule has 31 heavy (non-hydrogen) atoms. The minimum atomic E-state index is -1.22. The van der Waals surface area contributed by atoms with Crippen LogP contribution in [0.15, 0.2) is 30.6 Å². The van der Waals surface area contributed by atoms with Gasteiger partial charge in [0.15, 0.2) is 5.75 Å². The second kappa shape index (κ2) is 9.49. The topological polar surface area (TPSA) is 149 Å². The van der Waals surface area contributed by atoms with Gasteiger partial charge in [-0.05, 0) is 6.07 Å². The average molecular weight is 468 g/mol. The summed E-state index contributed by atoms with van der Waals surface area (Å²) in [6.45, 7) is -0.146. The Labute approximate surface area is 185 Å². The second-order valence-electron chi connectivity index (χ2n) is 5.99. The van der Waals surface area contributed by atoms with Crippen molar-refractivity contribution in [3.05, 3.63) is 50.8 Å². The first-order chi connectivity index (χ1) is 14.8. The van der Waals surface area contributed by atoms with Crippen molar-refractivity contribution in [1.29, 1.82) is 0 Å². The zero-order valence-corrected chi connectivity index (χ0v) is 17.4. The Morgan fingerprint density at radius 3 is 2.65 bits per heavy atom. The number of halogens is 2. The Kier molecular flexibility index (Phi) is 6.78. The van der Waals surface area contributed by atoms with E-state index < -0.39 is 11.0 Å². The van der Waals surface area contributed by atoms with Gasteiger partial charge in [-0.1, -0.05) is 23.2 Å². The van der Waals surface area contributed by atoms with Crippen molar-refractivity contribution in [3.8, 4) is 11.5 Å². The highest BCUT2D eigenvalue weighted by atomic mass is 35.5. The second-order valence-corrected chi connectivity index (χ2v) is 6.80. The molecule has 2 aromatic carbocycles. The third-order valence-corrected chi connectivity index (χ3v) is 4.65. The van der Waals surface area contributed by atoms with Gasteiger partial charge in [-0.25, -0.2) is 14.8 Å². The van der Waals surface area contributed by atoms with E-state index in [9.17, 15) is 14.9 Å². The molecule has 0 unspecified atom stereocenters. The number of hydrogen-bond donors (Lipinski definition) is 3. The molecular formula is C18H15Cl2N5O6. The molecule has 162 valence electrons. The Morgan fingerprint density at radius 2 is 1.97 bits per heavy atom. The maximum atomic E-state index is 11.6. The van der Waals surface area contributed by atoms with E-state index in [1.165, 1.54) is 31.6 Å². The van der Waals surface area contributed by atoms with E-state index in [4.69, 9.17) is 37.8 Å². The number of fused-ring (bicyclic) bond motifs is 1. The number of carbonyl (C=O) groups is 1. The highest BCUT2D eigenvalue weighted by molar-refractivity contribution is 6.37. The Hall–Kier alpha value is -3.57. The monoisotopic (exact) mass is 467 g/mol. The average Bonchev–Trinajstić information content (AvgIpc) is 2.72. The molecule has 1 amide bonds. The van der Waals surface area contributed by atoms with Gasteiger partial charge in [-0.2, -0.15) is 0 Å². The van der Waals surface area contributed by atoms with Crippen molar-refractivity contribution in [2.24, 2.45) is 0 Å². The van der Waals surface area contributed by atoms with Crippen LogP contribution in [0, 0.1) is 10.1 Å². The minimum Gasteiger partial charge on any atom is -0.495 e. The number of hydrogen-bond acceptors (Lipinski definition) is 8. The van der Waals surface area contributed by atoms with Crippen LogP contribution in [0.3, 0.4) is 0 Å². The number of amides is 1. The van der Waals surface area contributed by atoms with Gasteiger partial charge < -0.3 is 25.2 Å². The Bertz CT molecular complexity index is 1160. The molecule has 0 aliphatic rings. The summed E-state index contributed by atoms with van der Waals surface area (Å²) in [5.41, 5.74) is 0.451. The zero-order valence-electron chi connectivity index (χ0n) is 15.9. The first-order valence-corrected chi connectivity index (χ1v) is 9.38. The van der Waals surface area contributed by atoms with Crippen LogP contribution in [0.4, 0.5) is 22.0 Å². The van der Waals surface area contributed by atoms with Crippen LogP contribution in [0.2, 0.25) is 10.0 Å². The number of anilines is 2. The highest BCUT2D eigenvalue weighted by Crippen LogP contribution is 2.38. The zero-order chi connectivity index (χ0) is 22.5. The number of nitrogens with zero attached hydrogens (tertiary/aromatic N) is 3. The molecule has 0 aliphatic carbocycles. The van der Waals surface area contributed by atoms with Gasteiger partial charge in [0.05, 0.1) is 45.2 Å². The van der Waals surface area contributed by atoms with E-state index in [1.54, 1.807) is 6.07 Å². The molecule has 3 aromatic rings. The number of rotatable bonds is 8. The molecule has 1 heterocycles. The van der Waals surface area contributed by atoms with E-state index in [2.05, 4.69) is 20.6 Å². The first kappa shape index (κ1) is 22.1. The smallest absolute Gasteiger partial charge is 0.404 e. The van der Waals surface area contributed by atoms with Crippen LogP contribution in [0.5, 0.6) is 11.5 Å². The number of aromatic nitrogens is 2. The van der Waals surface area contributed by atoms with Crippen molar-refractivity contribution in [3.63, 3.8) is 0 Å². The highest BCUT2D eigenvalue weighted by Gasteiger charge is 2.20. The lowest BCUT2D eigenvalue weighted by Gasteiger charge is -2.13. The SMILES string of the molecule is COc1cc(Nc2ncnc3cc(OCCNC(=O)O)c([N+](=O)[O-])cc23)c(Cl)cc1Cl. The normalized spacial score (nSPS) is 10.5. The summed E-state index contributed by atoms with van der Waals surface area (Å²) in [5.74, 6) is 0.586. The number of nitrogens with one attached hydrogen (secondary N) is 2. The predicted molar refractivity (Wildman–Crippen MR) is 114 cm³/mol. The lowest BCUT2D eigenvalue weighted by atomic mass is 10.2. The van der Waals surface area contributed by atoms with Gasteiger partial charge in [0.1, 0.15) is 24.5 Å². The molecule has 0 radical (unpaired) electrons. The summed E-state index contributed by atoms with van der Waals surface area (Å²) in [7, 11) is 1.45. The molecular weight excluding hydrogens is 453 g/mol. The predicted octanol–water partition coefficient (Wildman–Crippen LogP) is 4.24. The standard InChI is InChI=1S/C18H15Cl2N5O6/c1-30-15-7-13(10(19)5-11(15)20)24-17-9-4-14(25(28)29)16(6-12(9)22-8-23-17)31-3-2-21-18(26)27/h4-8,21H,2-3H2,1H3,(H,26,27)(H,22,23,24). The van der Waals surface area contributed by atoms with Crippen molar-refractivity contribution in [2.45, 2.75) is 0 Å². The molecule has 0 aliphatic heterocycles. The van der Waals surface area contributed by atoms with Crippen LogP contribution in [0.25, 0.3) is 10.9 Å². The molecule has 0 saturated carbocycles. The fourth-order valence-electron chi connectivity index (χ4n) is 2.66. The van der Waals surface area contributed by atoms with Crippen molar-refractivity contribution < 1.29 is 24.3 Å². The molecule has 13 heteroatoms. The molecule has 11 nitrogen and oxygen atoms in total. The third kappa shape index (κ3) is 5.13. The quantitative estimate of drug-likeness (QED) is 0.251. The molecule has 0 spiro atoms. The molecule has 3 N–H and O–H groups in total. The number of carboxylic acid groups (broad SMARTS) is 1. The lowest BCUT2D eigenvalue weighted by molar-refractivity contribution is -0.385. The van der Waals surface area contributed by atoms with E-state index in [0.29, 0.717) is 27.4 Å². The maximum Gasteiger partial charge on any atom is 0.404 e. The number of ether oxygens (including phenoxy) is 2. The third-order valence-electron chi connectivity index (χ3n) is 4.04. The fraction of sp³-hybridized carbons (Fsp3) is 0.167. The van der Waals surface area contributed by atoms with Gasteiger partial charge in [-0.15, -0.1) is 0 Å². The largest absolute Gasteiger partial charge is 0.495 e. The van der Waals surface area contributed by atoms with Crippen LogP contribution in [-0.2, 0) is 0 Å². The maximum absolute atomic E-state index is 11.6. The summed E-state index contributed by atoms with van der Waals surface area (Å²) < 4.78 is 10.6. The molecule has 0 bridgehead atoms. The number of benzene rings is 2. The van der Waals surface area contributed by atoms with Gasteiger partial charge >= 0.3 is 11.8 Å². The van der Waals surface area contributed by atoms with Crippen molar-refractivity contribution >= 4 is 57.4 Å². The molecule has 1 aromatic heterocycles. The number of nitro benzene ring substituents is 1.